The Morgan fingerprint density at radius 1 is 1.14 bits per heavy atom. The summed E-state index contributed by atoms with van der Waals surface area (Å²) in [6.45, 7) is 2.02. The Hall–Kier alpha value is -3.36. The number of unbranched alkanes of at least 4 members (excludes halogenated alkanes) is 1. The van der Waals surface area contributed by atoms with Gasteiger partial charge in [0, 0.05) is 29.7 Å². The zero-order valence-corrected chi connectivity index (χ0v) is 15.3. The number of hydrogen-bond acceptors (Lipinski definition) is 5. The Morgan fingerprint density at radius 2 is 1.90 bits per heavy atom. The van der Waals surface area contributed by atoms with Gasteiger partial charge in [-0.1, -0.05) is 13.3 Å². The van der Waals surface area contributed by atoms with E-state index in [1.54, 1.807) is 6.07 Å². The van der Waals surface area contributed by atoms with Crippen molar-refractivity contribution >= 4 is 16.7 Å². The van der Waals surface area contributed by atoms with Gasteiger partial charge in [-0.25, -0.2) is 4.79 Å². The molecule has 0 fully saturated rings. The summed E-state index contributed by atoms with van der Waals surface area (Å²) in [5, 5.41) is 11.5. The van der Waals surface area contributed by atoms with Gasteiger partial charge >= 0.3 is 11.8 Å². The summed E-state index contributed by atoms with van der Waals surface area (Å²) in [5.74, 6) is -0.584. The van der Waals surface area contributed by atoms with Gasteiger partial charge in [0.25, 0.3) is 5.69 Å². The molecule has 0 saturated heterocycles. The number of alkyl halides is 3. The summed E-state index contributed by atoms with van der Waals surface area (Å²) in [7, 11) is 0. The zero-order chi connectivity index (χ0) is 21.2. The Balaban J connectivity index is 2.02. The summed E-state index contributed by atoms with van der Waals surface area (Å²) in [5.41, 5.74) is -1.56. The molecule has 152 valence electrons. The summed E-state index contributed by atoms with van der Waals surface area (Å²) < 4.78 is 50.4. The summed E-state index contributed by atoms with van der Waals surface area (Å²) in [6, 6.07) is 8.02. The molecule has 1 aromatic heterocycles. The van der Waals surface area contributed by atoms with E-state index in [0.29, 0.717) is 17.9 Å². The van der Waals surface area contributed by atoms with Crippen LogP contribution < -0.4 is 10.4 Å². The molecule has 0 atom stereocenters. The molecular weight excluding hydrogens is 391 g/mol. The number of hydrogen-bond donors (Lipinski definition) is 0. The molecule has 0 bridgehead atoms. The predicted octanol–water partition coefficient (Wildman–Crippen LogP) is 5.85. The van der Waals surface area contributed by atoms with E-state index in [4.69, 9.17) is 9.15 Å². The molecule has 0 unspecified atom stereocenters. The van der Waals surface area contributed by atoms with Crippen LogP contribution in [0.2, 0.25) is 0 Å². The molecule has 0 radical (unpaired) electrons. The molecule has 6 nitrogen and oxygen atoms in total. The van der Waals surface area contributed by atoms with E-state index in [0.717, 1.165) is 30.5 Å². The fourth-order valence-electron chi connectivity index (χ4n) is 2.92. The van der Waals surface area contributed by atoms with Crippen LogP contribution >= 0.6 is 0 Å². The summed E-state index contributed by atoms with van der Waals surface area (Å²) in [6.07, 6.45) is -2.38. The molecule has 0 spiro atoms. The van der Waals surface area contributed by atoms with Crippen molar-refractivity contribution in [3.8, 4) is 11.5 Å². The van der Waals surface area contributed by atoms with E-state index in [1.807, 2.05) is 6.92 Å². The Bertz CT molecular complexity index is 1120. The highest BCUT2D eigenvalue weighted by molar-refractivity contribution is 5.81. The molecule has 0 aliphatic rings. The maximum Gasteiger partial charge on any atom is 0.420 e. The van der Waals surface area contributed by atoms with E-state index in [1.165, 1.54) is 18.2 Å². The molecule has 29 heavy (non-hydrogen) atoms. The molecule has 3 rings (SSSR count). The summed E-state index contributed by atoms with van der Waals surface area (Å²) in [4.78, 5) is 21.7. The van der Waals surface area contributed by atoms with Crippen LogP contribution in [0.3, 0.4) is 0 Å². The number of ether oxygens (including phenoxy) is 1. The standard InChI is InChI=1S/C20H16F3NO5/c1-2-3-4-12-9-19(25)29-18-11-14(6-7-15(12)18)28-17-8-5-13(24(26)27)10-16(17)20(21,22)23/h5-11H,2-4H2,1H3. The lowest BCUT2D eigenvalue weighted by molar-refractivity contribution is -0.385. The quantitative estimate of drug-likeness (QED) is 0.291. The molecule has 1 heterocycles. The minimum Gasteiger partial charge on any atom is -0.457 e. The highest BCUT2D eigenvalue weighted by atomic mass is 19.4. The Kier molecular flexibility index (Phi) is 5.58. The summed E-state index contributed by atoms with van der Waals surface area (Å²) >= 11 is 0. The van der Waals surface area contributed by atoms with Crippen LogP contribution in [0.15, 0.2) is 51.7 Å². The second-order valence-electron chi connectivity index (χ2n) is 6.39. The maximum absolute atomic E-state index is 13.3. The lowest BCUT2D eigenvalue weighted by atomic mass is 10.0. The lowest BCUT2D eigenvalue weighted by Crippen LogP contribution is -2.08. The van der Waals surface area contributed by atoms with Crippen LogP contribution in [0.1, 0.15) is 30.9 Å². The third-order valence-electron chi connectivity index (χ3n) is 4.31. The van der Waals surface area contributed by atoms with Gasteiger partial charge in [-0.05, 0) is 36.6 Å². The monoisotopic (exact) mass is 407 g/mol. The number of nitrogens with zero attached hydrogens (tertiary/aromatic N) is 1. The average Bonchev–Trinajstić information content (AvgIpc) is 2.65. The zero-order valence-electron chi connectivity index (χ0n) is 15.3. The SMILES string of the molecule is CCCCc1cc(=O)oc2cc(Oc3ccc([N+](=O)[O-])cc3C(F)(F)F)ccc12. The van der Waals surface area contributed by atoms with Gasteiger partial charge in [0.05, 0.1) is 4.92 Å². The van der Waals surface area contributed by atoms with E-state index in [-0.39, 0.29) is 11.3 Å². The third-order valence-corrected chi connectivity index (χ3v) is 4.31. The minimum atomic E-state index is -4.85. The molecule has 3 aromatic rings. The van der Waals surface area contributed by atoms with E-state index in [2.05, 4.69) is 0 Å². The number of halogens is 3. The minimum absolute atomic E-state index is 0.00708. The maximum atomic E-state index is 13.3. The van der Waals surface area contributed by atoms with Gasteiger partial charge in [0.1, 0.15) is 22.6 Å². The third kappa shape index (κ3) is 4.56. The van der Waals surface area contributed by atoms with Gasteiger partial charge < -0.3 is 9.15 Å². The smallest absolute Gasteiger partial charge is 0.420 e. The van der Waals surface area contributed by atoms with Gasteiger partial charge in [-0.2, -0.15) is 13.2 Å². The van der Waals surface area contributed by atoms with Crippen molar-refractivity contribution in [1.29, 1.82) is 0 Å². The van der Waals surface area contributed by atoms with Crippen LogP contribution in [0.5, 0.6) is 11.5 Å². The number of non-ortho nitro benzene ring substituents is 1. The highest BCUT2D eigenvalue weighted by Gasteiger charge is 2.36. The predicted molar refractivity (Wildman–Crippen MR) is 99.3 cm³/mol. The van der Waals surface area contributed by atoms with Crippen molar-refractivity contribution in [2.45, 2.75) is 32.4 Å². The Labute approximate surface area is 162 Å². The fraction of sp³-hybridized carbons (Fsp3) is 0.250. The van der Waals surface area contributed by atoms with Gasteiger partial charge in [0.15, 0.2) is 0 Å². The normalized spacial score (nSPS) is 11.6. The fourth-order valence-corrected chi connectivity index (χ4v) is 2.92. The molecule has 9 heteroatoms. The van der Waals surface area contributed by atoms with Crippen molar-refractivity contribution in [1.82, 2.24) is 0 Å². The lowest BCUT2D eigenvalue weighted by Gasteiger charge is -2.14. The number of benzene rings is 2. The van der Waals surface area contributed by atoms with E-state index >= 15 is 0 Å². The average molecular weight is 407 g/mol. The highest BCUT2D eigenvalue weighted by Crippen LogP contribution is 2.40. The first-order valence-corrected chi connectivity index (χ1v) is 8.79. The van der Waals surface area contributed by atoms with Crippen LogP contribution in [-0.2, 0) is 12.6 Å². The van der Waals surface area contributed by atoms with E-state index < -0.39 is 33.7 Å². The largest absolute Gasteiger partial charge is 0.457 e. The van der Waals surface area contributed by atoms with Crippen molar-refractivity contribution in [2.75, 3.05) is 0 Å². The molecule has 0 saturated carbocycles. The first-order chi connectivity index (χ1) is 13.7. The number of fused-ring (bicyclic) bond motifs is 1. The number of aryl methyl sites for hydroxylation is 1. The molecular formula is C20H16F3NO5. The van der Waals surface area contributed by atoms with Crippen LogP contribution in [0, 0.1) is 10.1 Å². The van der Waals surface area contributed by atoms with Gasteiger partial charge in [-0.3, -0.25) is 10.1 Å². The van der Waals surface area contributed by atoms with Crippen molar-refractivity contribution in [3.63, 3.8) is 0 Å². The number of nitro groups is 1. The van der Waals surface area contributed by atoms with Gasteiger partial charge in [-0.15, -0.1) is 0 Å². The number of rotatable bonds is 6. The second-order valence-corrected chi connectivity index (χ2v) is 6.39. The molecule has 0 amide bonds. The molecule has 0 aliphatic heterocycles. The Morgan fingerprint density at radius 3 is 2.55 bits per heavy atom. The molecule has 0 aliphatic carbocycles. The molecule has 0 N–H and O–H groups in total. The molecule has 2 aromatic carbocycles. The first kappa shape index (κ1) is 20.4. The topological polar surface area (TPSA) is 82.6 Å². The second kappa shape index (κ2) is 7.94. The van der Waals surface area contributed by atoms with Crippen LogP contribution in [0.25, 0.3) is 11.0 Å². The van der Waals surface area contributed by atoms with Gasteiger partial charge in [0.2, 0.25) is 0 Å². The van der Waals surface area contributed by atoms with Crippen LogP contribution in [-0.4, -0.2) is 4.92 Å². The van der Waals surface area contributed by atoms with Crippen molar-refractivity contribution < 1.29 is 27.2 Å². The van der Waals surface area contributed by atoms with E-state index in [9.17, 15) is 28.1 Å². The number of nitro benzene ring substituents is 1. The van der Waals surface area contributed by atoms with Crippen LogP contribution in [0.4, 0.5) is 18.9 Å². The van der Waals surface area contributed by atoms with Crippen molar-refractivity contribution in [3.05, 3.63) is 74.1 Å². The van der Waals surface area contributed by atoms with Crippen molar-refractivity contribution in [2.24, 2.45) is 0 Å². The first-order valence-electron chi connectivity index (χ1n) is 8.79.